The van der Waals surface area contributed by atoms with Crippen molar-refractivity contribution in [1.29, 1.82) is 0 Å². The molecule has 0 aliphatic rings. The quantitative estimate of drug-likeness (QED) is 0.844. The van der Waals surface area contributed by atoms with E-state index in [1.165, 1.54) is 9.74 Å². The number of benzene rings is 1. The van der Waals surface area contributed by atoms with Crippen LogP contribution in [0.5, 0.6) is 0 Å². The van der Waals surface area contributed by atoms with Crippen LogP contribution in [0.4, 0.5) is 0 Å². The molecule has 11 heavy (non-hydrogen) atoms. The molecule has 1 atom stereocenters. The van der Waals surface area contributed by atoms with E-state index in [4.69, 9.17) is 5.11 Å². The molecule has 0 saturated carbocycles. The summed E-state index contributed by atoms with van der Waals surface area (Å²) in [7, 11) is 0. The van der Waals surface area contributed by atoms with E-state index in [2.05, 4.69) is 12.1 Å². The molecule has 0 spiro atoms. The SMILES string of the molecule is OCC([CH2][InH2])c1ccccc1. The summed E-state index contributed by atoms with van der Waals surface area (Å²) in [6.45, 7) is 0.303. The Morgan fingerprint density at radius 3 is 2.36 bits per heavy atom. The summed E-state index contributed by atoms with van der Waals surface area (Å²) >= 11 is 0.678. The fraction of sp³-hybridized carbons (Fsp3) is 0.333. The minimum absolute atomic E-state index is 0.303. The first-order valence-corrected chi connectivity index (χ1v) is 8.08. The predicted molar refractivity (Wildman–Crippen MR) is 49.6 cm³/mol. The molecule has 1 aromatic rings. The van der Waals surface area contributed by atoms with E-state index in [1.54, 1.807) is 0 Å². The van der Waals surface area contributed by atoms with Crippen molar-refractivity contribution >= 4 is 24.4 Å². The average Bonchev–Trinajstić information content (AvgIpc) is 2.09. The summed E-state index contributed by atoms with van der Waals surface area (Å²) in [4.78, 5) is 0. The Kier molecular flexibility index (Phi) is 4.02. The molecule has 1 nitrogen and oxygen atoms in total. The standard InChI is InChI=1S/C9H11O.In.2H/c1-8(7-10)9-5-3-2-4-6-9;;;/h2-6,8,10H,1,7H2;;;. The van der Waals surface area contributed by atoms with E-state index in [-0.39, 0.29) is 0 Å². The maximum absolute atomic E-state index is 9.01. The molecule has 0 radical (unpaired) electrons. The molecule has 0 heterocycles. The zero-order chi connectivity index (χ0) is 8.10. The van der Waals surface area contributed by atoms with Crippen molar-refractivity contribution < 1.29 is 5.11 Å². The van der Waals surface area contributed by atoms with Crippen molar-refractivity contribution in [3.8, 4) is 0 Å². The van der Waals surface area contributed by atoms with Crippen LogP contribution >= 0.6 is 0 Å². The van der Waals surface area contributed by atoms with Gasteiger partial charge in [0.2, 0.25) is 0 Å². The van der Waals surface area contributed by atoms with E-state index in [0.29, 0.717) is 36.9 Å². The fourth-order valence-corrected chi connectivity index (χ4v) is 3.28. The molecular formula is C9H13InO. The van der Waals surface area contributed by atoms with Gasteiger partial charge in [-0.25, -0.2) is 0 Å². The summed E-state index contributed by atoms with van der Waals surface area (Å²) in [5.41, 5.74) is 1.29. The first kappa shape index (κ1) is 9.14. The van der Waals surface area contributed by atoms with Crippen LogP contribution in [-0.2, 0) is 0 Å². The molecule has 1 unspecified atom stereocenters. The summed E-state index contributed by atoms with van der Waals surface area (Å²) in [5.74, 6) is 0.409. The molecule has 58 valence electrons. The third-order valence-corrected chi connectivity index (χ3v) is 4.80. The molecule has 0 bridgehead atoms. The second-order valence-electron chi connectivity index (χ2n) is 2.70. The number of rotatable bonds is 3. The van der Waals surface area contributed by atoms with Crippen LogP contribution in [0.15, 0.2) is 30.3 Å². The zero-order valence-corrected chi connectivity index (χ0v) is 12.5. The van der Waals surface area contributed by atoms with Crippen molar-refractivity contribution in [2.24, 2.45) is 0 Å². The monoisotopic (exact) mass is 252 g/mol. The van der Waals surface area contributed by atoms with Crippen LogP contribution in [0.1, 0.15) is 11.5 Å². The number of hydrogen-bond acceptors (Lipinski definition) is 1. The van der Waals surface area contributed by atoms with Crippen molar-refractivity contribution in [2.75, 3.05) is 6.61 Å². The van der Waals surface area contributed by atoms with E-state index < -0.39 is 0 Å². The summed E-state index contributed by atoms with van der Waals surface area (Å²) in [6.07, 6.45) is 0. The van der Waals surface area contributed by atoms with Crippen LogP contribution in [0.2, 0.25) is 4.18 Å². The van der Waals surface area contributed by atoms with Crippen LogP contribution in [0.3, 0.4) is 0 Å². The Labute approximate surface area is 82.0 Å². The van der Waals surface area contributed by atoms with Gasteiger partial charge < -0.3 is 0 Å². The third-order valence-electron chi connectivity index (χ3n) is 1.98. The fourth-order valence-electron chi connectivity index (χ4n) is 1.20. The van der Waals surface area contributed by atoms with Gasteiger partial charge in [-0.05, 0) is 0 Å². The van der Waals surface area contributed by atoms with Crippen LogP contribution < -0.4 is 0 Å². The molecule has 0 aliphatic carbocycles. The first-order valence-electron chi connectivity index (χ1n) is 4.04. The van der Waals surface area contributed by atoms with Gasteiger partial charge in [-0.15, -0.1) is 0 Å². The zero-order valence-electron chi connectivity index (χ0n) is 6.83. The van der Waals surface area contributed by atoms with Crippen molar-refractivity contribution in [1.82, 2.24) is 0 Å². The van der Waals surface area contributed by atoms with Crippen molar-refractivity contribution in [2.45, 2.75) is 10.1 Å². The summed E-state index contributed by atoms with van der Waals surface area (Å²) in [6, 6.07) is 10.3. The molecule has 0 aliphatic heterocycles. The average molecular weight is 252 g/mol. The Hall–Kier alpha value is 0.0501. The van der Waals surface area contributed by atoms with Crippen LogP contribution in [-0.4, -0.2) is 36.1 Å². The molecule has 1 rings (SSSR count). The van der Waals surface area contributed by atoms with Gasteiger partial charge in [-0.3, -0.25) is 0 Å². The first-order chi connectivity index (χ1) is 5.38. The van der Waals surface area contributed by atoms with Gasteiger partial charge in [0, 0.05) is 0 Å². The Morgan fingerprint density at radius 1 is 1.27 bits per heavy atom. The van der Waals surface area contributed by atoms with E-state index in [9.17, 15) is 0 Å². The molecule has 0 aromatic heterocycles. The molecule has 0 fully saturated rings. The molecule has 1 aromatic carbocycles. The molecule has 0 amide bonds. The molecular weight excluding hydrogens is 239 g/mol. The van der Waals surface area contributed by atoms with Crippen LogP contribution in [0, 0.1) is 0 Å². The topological polar surface area (TPSA) is 20.2 Å². The van der Waals surface area contributed by atoms with Gasteiger partial charge in [-0.2, -0.15) is 0 Å². The van der Waals surface area contributed by atoms with Gasteiger partial charge in [-0.1, -0.05) is 0 Å². The second kappa shape index (κ2) is 4.83. The van der Waals surface area contributed by atoms with Gasteiger partial charge in [0.25, 0.3) is 0 Å². The van der Waals surface area contributed by atoms with Crippen molar-refractivity contribution in [3.05, 3.63) is 35.9 Å². The molecule has 0 saturated heterocycles. The van der Waals surface area contributed by atoms with Crippen LogP contribution in [0.25, 0.3) is 0 Å². The van der Waals surface area contributed by atoms with Gasteiger partial charge >= 0.3 is 82.1 Å². The van der Waals surface area contributed by atoms with Gasteiger partial charge in [0.05, 0.1) is 0 Å². The predicted octanol–water partition coefficient (Wildman–Crippen LogP) is 0.814. The normalized spacial score (nSPS) is 12.8. The third kappa shape index (κ3) is 2.53. The Balaban J connectivity index is 2.74. The van der Waals surface area contributed by atoms with Gasteiger partial charge in [0.1, 0.15) is 0 Å². The molecule has 1 N–H and O–H groups in total. The van der Waals surface area contributed by atoms with E-state index in [1.807, 2.05) is 18.2 Å². The number of hydrogen-bond donors (Lipinski definition) is 1. The maximum atomic E-state index is 9.01. The second-order valence-corrected chi connectivity index (χ2v) is 5.03. The number of aliphatic hydroxyl groups is 1. The Bertz CT molecular complexity index is 194. The van der Waals surface area contributed by atoms with Gasteiger partial charge in [0.15, 0.2) is 0 Å². The summed E-state index contributed by atoms with van der Waals surface area (Å²) < 4.78 is 1.21. The number of aliphatic hydroxyl groups excluding tert-OH is 1. The van der Waals surface area contributed by atoms with E-state index in [0.717, 1.165) is 0 Å². The Morgan fingerprint density at radius 2 is 1.91 bits per heavy atom. The molecule has 2 heteroatoms. The minimum atomic E-state index is 0.303. The van der Waals surface area contributed by atoms with E-state index >= 15 is 0 Å². The van der Waals surface area contributed by atoms with Crippen molar-refractivity contribution in [3.63, 3.8) is 0 Å². The summed E-state index contributed by atoms with van der Waals surface area (Å²) in [5, 5.41) is 9.01.